The minimum atomic E-state index is -0.307. The molecule has 156 valence electrons. The van der Waals surface area contributed by atoms with Crippen molar-refractivity contribution in [2.24, 2.45) is 0 Å². The molecule has 7 heteroatoms. The van der Waals surface area contributed by atoms with Crippen LogP contribution in [0.15, 0.2) is 81.1 Å². The number of ether oxygens (including phenoxy) is 1. The third-order valence-corrected chi connectivity index (χ3v) is 6.79. The molecule has 0 radical (unpaired) electrons. The van der Waals surface area contributed by atoms with E-state index in [1.807, 2.05) is 24.3 Å². The second kappa shape index (κ2) is 9.42. The average molecular weight is 559 g/mol. The van der Waals surface area contributed by atoms with E-state index in [4.69, 9.17) is 4.74 Å². The molecule has 0 unspecified atom stereocenters. The zero-order valence-electron chi connectivity index (χ0n) is 16.3. The standard InChI is InChI=1S/C24H17Br2NO3S/c1-2-9-27-23(28)21(31-24(27)29)13-16-11-19(25)22(20(26)12-16)30-14-15-7-8-17-5-3-4-6-18(17)10-15/h2-8,10-13H,1,9,14H2/b21-13+. The molecule has 0 N–H and O–H groups in total. The van der Waals surface area contributed by atoms with Crippen molar-refractivity contribution in [2.75, 3.05) is 6.54 Å². The zero-order chi connectivity index (χ0) is 22.0. The van der Waals surface area contributed by atoms with E-state index in [1.54, 1.807) is 6.08 Å². The van der Waals surface area contributed by atoms with Crippen LogP contribution in [-0.4, -0.2) is 22.6 Å². The van der Waals surface area contributed by atoms with Gasteiger partial charge in [0.2, 0.25) is 0 Å². The summed E-state index contributed by atoms with van der Waals surface area (Å²) in [5.41, 5.74) is 1.85. The maximum Gasteiger partial charge on any atom is 0.293 e. The van der Waals surface area contributed by atoms with Gasteiger partial charge in [0.15, 0.2) is 0 Å². The van der Waals surface area contributed by atoms with Crippen LogP contribution in [0.4, 0.5) is 4.79 Å². The number of thioether (sulfide) groups is 1. The highest BCUT2D eigenvalue weighted by molar-refractivity contribution is 9.11. The lowest BCUT2D eigenvalue weighted by Crippen LogP contribution is -2.27. The number of nitrogens with zero attached hydrogens (tertiary/aromatic N) is 1. The lowest BCUT2D eigenvalue weighted by molar-refractivity contribution is -0.122. The zero-order valence-corrected chi connectivity index (χ0v) is 20.3. The lowest BCUT2D eigenvalue weighted by Gasteiger charge is -2.12. The van der Waals surface area contributed by atoms with E-state index >= 15 is 0 Å². The van der Waals surface area contributed by atoms with Crippen molar-refractivity contribution in [1.82, 2.24) is 4.90 Å². The molecule has 3 aromatic rings. The smallest absolute Gasteiger partial charge is 0.293 e. The van der Waals surface area contributed by atoms with Gasteiger partial charge in [-0.2, -0.15) is 0 Å². The van der Waals surface area contributed by atoms with Crippen molar-refractivity contribution in [2.45, 2.75) is 6.61 Å². The fraction of sp³-hybridized carbons (Fsp3) is 0.0833. The van der Waals surface area contributed by atoms with Crippen LogP contribution in [0.1, 0.15) is 11.1 Å². The van der Waals surface area contributed by atoms with E-state index in [9.17, 15) is 9.59 Å². The van der Waals surface area contributed by atoms with Gasteiger partial charge >= 0.3 is 0 Å². The Morgan fingerprint density at radius 3 is 2.42 bits per heavy atom. The summed E-state index contributed by atoms with van der Waals surface area (Å²) in [7, 11) is 0. The maximum absolute atomic E-state index is 12.4. The topological polar surface area (TPSA) is 46.6 Å². The summed E-state index contributed by atoms with van der Waals surface area (Å²) < 4.78 is 7.55. The number of carbonyl (C=O) groups is 2. The Labute approximate surface area is 201 Å². The molecule has 0 aliphatic carbocycles. The normalized spacial score (nSPS) is 15.2. The summed E-state index contributed by atoms with van der Waals surface area (Å²) in [6.45, 7) is 4.21. The highest BCUT2D eigenvalue weighted by Crippen LogP contribution is 2.38. The molecule has 4 nitrogen and oxygen atoms in total. The second-order valence-electron chi connectivity index (χ2n) is 6.86. The molecule has 31 heavy (non-hydrogen) atoms. The monoisotopic (exact) mass is 557 g/mol. The van der Waals surface area contributed by atoms with Crippen molar-refractivity contribution in [3.63, 3.8) is 0 Å². The molecule has 1 aliphatic rings. The van der Waals surface area contributed by atoms with E-state index in [2.05, 4.69) is 68.8 Å². The molecule has 1 fully saturated rings. The van der Waals surface area contributed by atoms with Crippen molar-refractivity contribution >= 4 is 71.6 Å². The van der Waals surface area contributed by atoms with E-state index in [0.29, 0.717) is 17.3 Å². The van der Waals surface area contributed by atoms with E-state index in [-0.39, 0.29) is 17.7 Å². The Kier molecular flexibility index (Phi) is 6.65. The number of halogens is 2. The van der Waals surface area contributed by atoms with Gasteiger partial charge < -0.3 is 4.74 Å². The SMILES string of the molecule is C=CCN1C(=O)S/C(=C/c2cc(Br)c(OCc3ccc4ccccc4c3)c(Br)c2)C1=O. The summed E-state index contributed by atoms with van der Waals surface area (Å²) in [6.07, 6.45) is 3.24. The van der Waals surface area contributed by atoms with Crippen LogP contribution in [0.25, 0.3) is 16.8 Å². The number of hydrogen-bond acceptors (Lipinski definition) is 4. The molecule has 1 aliphatic heterocycles. The highest BCUT2D eigenvalue weighted by atomic mass is 79.9. The Morgan fingerprint density at radius 1 is 1.00 bits per heavy atom. The molecule has 4 rings (SSSR count). The first-order valence-electron chi connectivity index (χ1n) is 9.42. The van der Waals surface area contributed by atoms with Crippen molar-refractivity contribution < 1.29 is 14.3 Å². The van der Waals surface area contributed by atoms with Gasteiger partial charge in [-0.25, -0.2) is 0 Å². The number of imide groups is 1. The first-order valence-corrected chi connectivity index (χ1v) is 11.8. The minimum Gasteiger partial charge on any atom is -0.487 e. The first-order chi connectivity index (χ1) is 15.0. The molecule has 1 heterocycles. The highest BCUT2D eigenvalue weighted by Gasteiger charge is 2.34. The lowest BCUT2D eigenvalue weighted by atomic mass is 10.1. The summed E-state index contributed by atoms with van der Waals surface area (Å²) in [6, 6.07) is 18.2. The molecule has 0 saturated carbocycles. The number of benzene rings is 3. The van der Waals surface area contributed by atoms with Gasteiger partial charge in [0.1, 0.15) is 12.4 Å². The van der Waals surface area contributed by atoms with Crippen LogP contribution in [0.5, 0.6) is 5.75 Å². The van der Waals surface area contributed by atoms with Crippen LogP contribution in [0, 0.1) is 0 Å². The number of fused-ring (bicyclic) bond motifs is 1. The van der Waals surface area contributed by atoms with Gasteiger partial charge in [-0.1, -0.05) is 42.5 Å². The molecule has 0 atom stereocenters. The fourth-order valence-electron chi connectivity index (χ4n) is 3.22. The number of hydrogen-bond donors (Lipinski definition) is 0. The number of amides is 2. The molecule has 0 bridgehead atoms. The molecule has 3 aromatic carbocycles. The number of rotatable bonds is 6. The fourth-order valence-corrected chi connectivity index (χ4v) is 5.52. The minimum absolute atomic E-state index is 0.205. The Balaban J connectivity index is 1.52. The van der Waals surface area contributed by atoms with Crippen LogP contribution in [-0.2, 0) is 11.4 Å². The van der Waals surface area contributed by atoms with Crippen LogP contribution in [0.2, 0.25) is 0 Å². The van der Waals surface area contributed by atoms with Gasteiger partial charge in [-0.3, -0.25) is 14.5 Å². The predicted molar refractivity (Wildman–Crippen MR) is 133 cm³/mol. The van der Waals surface area contributed by atoms with Crippen molar-refractivity contribution in [3.05, 3.63) is 92.2 Å². The average Bonchev–Trinajstić information content (AvgIpc) is 3.00. The van der Waals surface area contributed by atoms with Gasteiger partial charge in [0.05, 0.1) is 13.9 Å². The molecular formula is C24H17Br2NO3S. The van der Waals surface area contributed by atoms with Gasteiger partial charge in [0, 0.05) is 6.54 Å². The third-order valence-electron chi connectivity index (χ3n) is 4.70. The van der Waals surface area contributed by atoms with Gasteiger partial charge in [-0.15, -0.1) is 6.58 Å². The molecule has 1 saturated heterocycles. The first kappa shape index (κ1) is 21.9. The van der Waals surface area contributed by atoms with E-state index in [1.165, 1.54) is 21.7 Å². The Bertz CT molecular complexity index is 1220. The summed E-state index contributed by atoms with van der Waals surface area (Å²) in [4.78, 5) is 26.0. The van der Waals surface area contributed by atoms with Crippen molar-refractivity contribution in [1.29, 1.82) is 0 Å². The van der Waals surface area contributed by atoms with Crippen LogP contribution in [0.3, 0.4) is 0 Å². The molecular weight excluding hydrogens is 542 g/mol. The van der Waals surface area contributed by atoms with E-state index in [0.717, 1.165) is 31.8 Å². The molecule has 0 aromatic heterocycles. The summed E-state index contributed by atoms with van der Waals surface area (Å²) in [5, 5.41) is 2.07. The predicted octanol–water partition coefficient (Wildman–Crippen LogP) is 7.17. The summed E-state index contributed by atoms with van der Waals surface area (Å²) >= 11 is 8.05. The third kappa shape index (κ3) is 4.79. The molecule has 0 spiro atoms. The van der Waals surface area contributed by atoms with Crippen LogP contribution >= 0.6 is 43.6 Å². The van der Waals surface area contributed by atoms with Crippen LogP contribution < -0.4 is 4.74 Å². The quantitative estimate of drug-likeness (QED) is 0.238. The maximum atomic E-state index is 12.4. The summed E-state index contributed by atoms with van der Waals surface area (Å²) in [5.74, 6) is 0.365. The number of carbonyl (C=O) groups excluding carboxylic acids is 2. The van der Waals surface area contributed by atoms with Crippen molar-refractivity contribution in [3.8, 4) is 5.75 Å². The Hall–Kier alpha value is -2.35. The van der Waals surface area contributed by atoms with E-state index < -0.39 is 0 Å². The second-order valence-corrected chi connectivity index (χ2v) is 9.57. The Morgan fingerprint density at radius 2 is 1.71 bits per heavy atom. The molecule has 2 amide bonds. The largest absolute Gasteiger partial charge is 0.487 e. The van der Waals surface area contributed by atoms with Gasteiger partial charge in [0.25, 0.3) is 11.1 Å². The van der Waals surface area contributed by atoms with Gasteiger partial charge in [-0.05, 0) is 89.8 Å².